The zero-order valence-corrected chi connectivity index (χ0v) is 9.69. The van der Waals surface area contributed by atoms with Crippen molar-refractivity contribution in [2.45, 2.75) is 39.3 Å². The quantitative estimate of drug-likeness (QED) is 0.753. The smallest absolute Gasteiger partial charge is 0.0473 e. The lowest BCUT2D eigenvalue weighted by molar-refractivity contribution is 0.223. The summed E-state index contributed by atoms with van der Waals surface area (Å²) in [6.45, 7) is 5.26. The SMILES string of the molecule is CCCC(N)c1ccn(CC(C)CO)c1. The third-order valence-electron chi connectivity index (χ3n) is 2.64. The molecule has 1 aromatic rings. The van der Waals surface area contributed by atoms with E-state index in [9.17, 15) is 0 Å². The second kappa shape index (κ2) is 5.93. The normalized spacial score (nSPS) is 15.2. The molecule has 0 bridgehead atoms. The molecule has 0 aliphatic heterocycles. The predicted molar refractivity (Wildman–Crippen MR) is 62.5 cm³/mol. The molecule has 3 heteroatoms. The van der Waals surface area contributed by atoms with Crippen molar-refractivity contribution in [1.82, 2.24) is 4.57 Å². The molecule has 0 radical (unpaired) electrons. The van der Waals surface area contributed by atoms with Crippen LogP contribution in [0.15, 0.2) is 18.5 Å². The molecular formula is C12H22N2O. The van der Waals surface area contributed by atoms with Gasteiger partial charge in [0.2, 0.25) is 0 Å². The Hall–Kier alpha value is -0.800. The zero-order valence-electron chi connectivity index (χ0n) is 9.69. The molecule has 0 aliphatic carbocycles. The summed E-state index contributed by atoms with van der Waals surface area (Å²) in [5.41, 5.74) is 7.22. The molecule has 3 N–H and O–H groups in total. The Morgan fingerprint density at radius 2 is 2.27 bits per heavy atom. The second-order valence-corrected chi connectivity index (χ2v) is 4.32. The maximum atomic E-state index is 8.96. The van der Waals surface area contributed by atoms with Gasteiger partial charge in [0.15, 0.2) is 0 Å². The van der Waals surface area contributed by atoms with Crippen LogP contribution in [0.4, 0.5) is 0 Å². The average molecular weight is 210 g/mol. The van der Waals surface area contributed by atoms with Crippen molar-refractivity contribution in [3.05, 3.63) is 24.0 Å². The molecule has 86 valence electrons. The lowest BCUT2D eigenvalue weighted by atomic mass is 10.1. The topological polar surface area (TPSA) is 51.2 Å². The van der Waals surface area contributed by atoms with Crippen LogP contribution in [-0.2, 0) is 6.54 Å². The van der Waals surface area contributed by atoms with Crippen LogP contribution in [0, 0.1) is 5.92 Å². The van der Waals surface area contributed by atoms with Crippen LogP contribution in [0.3, 0.4) is 0 Å². The maximum Gasteiger partial charge on any atom is 0.0473 e. The Morgan fingerprint density at radius 1 is 1.53 bits per heavy atom. The second-order valence-electron chi connectivity index (χ2n) is 4.32. The van der Waals surface area contributed by atoms with Crippen molar-refractivity contribution >= 4 is 0 Å². The Balaban J connectivity index is 2.55. The Bertz CT molecular complexity index is 283. The first-order valence-electron chi connectivity index (χ1n) is 5.69. The number of nitrogens with two attached hydrogens (primary N) is 1. The minimum Gasteiger partial charge on any atom is -0.396 e. The van der Waals surface area contributed by atoms with E-state index in [-0.39, 0.29) is 12.6 Å². The average Bonchev–Trinajstić information content (AvgIpc) is 2.66. The summed E-state index contributed by atoms with van der Waals surface area (Å²) in [7, 11) is 0. The van der Waals surface area contributed by atoms with Crippen molar-refractivity contribution in [3.63, 3.8) is 0 Å². The molecule has 15 heavy (non-hydrogen) atoms. The zero-order chi connectivity index (χ0) is 11.3. The third kappa shape index (κ3) is 3.68. The standard InChI is InChI=1S/C12H22N2O/c1-3-4-12(13)11-5-6-14(8-11)7-10(2)9-15/h5-6,8,10,12,15H,3-4,7,9,13H2,1-2H3. The van der Waals surface area contributed by atoms with E-state index in [4.69, 9.17) is 10.8 Å². The van der Waals surface area contributed by atoms with Gasteiger partial charge in [0.05, 0.1) is 0 Å². The molecule has 0 fully saturated rings. The summed E-state index contributed by atoms with van der Waals surface area (Å²) in [6, 6.07) is 2.23. The van der Waals surface area contributed by atoms with Crippen LogP contribution >= 0.6 is 0 Å². The lowest BCUT2D eigenvalue weighted by Gasteiger charge is -2.10. The van der Waals surface area contributed by atoms with Gasteiger partial charge in [-0.1, -0.05) is 20.3 Å². The van der Waals surface area contributed by atoms with Gasteiger partial charge < -0.3 is 15.4 Å². The number of nitrogens with zero attached hydrogens (tertiary/aromatic N) is 1. The molecule has 1 aromatic heterocycles. The Kier molecular flexibility index (Phi) is 4.85. The van der Waals surface area contributed by atoms with Gasteiger partial charge >= 0.3 is 0 Å². The summed E-state index contributed by atoms with van der Waals surface area (Å²) in [6.07, 6.45) is 6.27. The van der Waals surface area contributed by atoms with E-state index in [1.54, 1.807) is 0 Å². The largest absolute Gasteiger partial charge is 0.396 e. The highest BCUT2D eigenvalue weighted by Crippen LogP contribution is 2.16. The number of rotatable bonds is 6. The van der Waals surface area contributed by atoms with Gasteiger partial charge in [0.1, 0.15) is 0 Å². The highest BCUT2D eigenvalue weighted by Gasteiger charge is 2.07. The molecule has 0 saturated heterocycles. The number of hydrogen-bond donors (Lipinski definition) is 2. The summed E-state index contributed by atoms with van der Waals surface area (Å²) < 4.78 is 2.10. The van der Waals surface area contributed by atoms with E-state index < -0.39 is 0 Å². The molecule has 0 amide bonds. The highest BCUT2D eigenvalue weighted by atomic mass is 16.3. The summed E-state index contributed by atoms with van der Waals surface area (Å²) >= 11 is 0. The van der Waals surface area contributed by atoms with Gasteiger partial charge in [-0.2, -0.15) is 0 Å². The molecule has 1 rings (SSSR count). The van der Waals surface area contributed by atoms with Gasteiger partial charge in [-0.25, -0.2) is 0 Å². The van der Waals surface area contributed by atoms with Crippen LogP contribution in [0.2, 0.25) is 0 Å². The highest BCUT2D eigenvalue weighted by molar-refractivity contribution is 5.14. The van der Waals surface area contributed by atoms with Crippen molar-refractivity contribution < 1.29 is 5.11 Å². The van der Waals surface area contributed by atoms with E-state index in [1.165, 1.54) is 5.56 Å². The molecule has 2 unspecified atom stereocenters. The van der Waals surface area contributed by atoms with Gasteiger partial charge in [-0.05, 0) is 24.0 Å². The van der Waals surface area contributed by atoms with E-state index in [2.05, 4.69) is 23.8 Å². The fraction of sp³-hybridized carbons (Fsp3) is 0.667. The van der Waals surface area contributed by atoms with Crippen molar-refractivity contribution in [3.8, 4) is 0 Å². The third-order valence-corrected chi connectivity index (χ3v) is 2.64. The number of aliphatic hydroxyl groups excluding tert-OH is 1. The van der Waals surface area contributed by atoms with Gasteiger partial charge in [0, 0.05) is 31.6 Å². The monoisotopic (exact) mass is 210 g/mol. The molecular weight excluding hydrogens is 188 g/mol. The van der Waals surface area contributed by atoms with Crippen LogP contribution in [0.5, 0.6) is 0 Å². The lowest BCUT2D eigenvalue weighted by Crippen LogP contribution is -2.11. The minimum absolute atomic E-state index is 0.153. The maximum absolute atomic E-state index is 8.96. The van der Waals surface area contributed by atoms with Crippen LogP contribution in [0.1, 0.15) is 38.3 Å². The molecule has 0 saturated carbocycles. The van der Waals surface area contributed by atoms with Gasteiger partial charge in [0.25, 0.3) is 0 Å². The number of hydrogen-bond acceptors (Lipinski definition) is 2. The van der Waals surface area contributed by atoms with E-state index in [0.29, 0.717) is 5.92 Å². The fourth-order valence-electron chi connectivity index (χ4n) is 1.69. The summed E-state index contributed by atoms with van der Waals surface area (Å²) in [5.74, 6) is 0.299. The first-order valence-corrected chi connectivity index (χ1v) is 5.69. The molecule has 0 aliphatic rings. The number of aliphatic hydroxyl groups is 1. The van der Waals surface area contributed by atoms with Crippen LogP contribution in [0.25, 0.3) is 0 Å². The first-order chi connectivity index (χ1) is 7.17. The van der Waals surface area contributed by atoms with Crippen LogP contribution in [-0.4, -0.2) is 16.3 Å². The van der Waals surface area contributed by atoms with Gasteiger partial charge in [-0.3, -0.25) is 0 Å². The van der Waals surface area contributed by atoms with E-state index >= 15 is 0 Å². The molecule has 3 nitrogen and oxygen atoms in total. The van der Waals surface area contributed by atoms with E-state index in [0.717, 1.165) is 19.4 Å². The van der Waals surface area contributed by atoms with Crippen molar-refractivity contribution in [1.29, 1.82) is 0 Å². The summed E-state index contributed by atoms with van der Waals surface area (Å²) in [5, 5.41) is 8.96. The first kappa shape index (κ1) is 12.3. The molecule has 2 atom stereocenters. The van der Waals surface area contributed by atoms with Crippen molar-refractivity contribution in [2.24, 2.45) is 11.7 Å². The van der Waals surface area contributed by atoms with Crippen LogP contribution < -0.4 is 5.73 Å². The Morgan fingerprint density at radius 3 is 2.87 bits per heavy atom. The Labute approximate surface area is 91.9 Å². The predicted octanol–water partition coefficient (Wildman–Crippen LogP) is 1.92. The van der Waals surface area contributed by atoms with Crippen molar-refractivity contribution in [2.75, 3.05) is 6.61 Å². The molecule has 0 aromatic carbocycles. The molecule has 1 heterocycles. The fourth-order valence-corrected chi connectivity index (χ4v) is 1.69. The minimum atomic E-state index is 0.153. The molecule has 0 spiro atoms. The summed E-state index contributed by atoms with van der Waals surface area (Å²) in [4.78, 5) is 0. The van der Waals surface area contributed by atoms with E-state index in [1.807, 2.05) is 13.1 Å². The van der Waals surface area contributed by atoms with Gasteiger partial charge in [-0.15, -0.1) is 0 Å². The number of aromatic nitrogens is 1.